The molecule has 2 aliphatic rings. The third-order valence-corrected chi connectivity index (χ3v) is 19.1. The number of nitrogens with one attached hydrogen (secondary N) is 7. The first kappa shape index (κ1) is 72.5. The number of hydrogen-bond acceptors (Lipinski definition) is 15. The summed E-state index contributed by atoms with van der Waals surface area (Å²) in [4.78, 5) is 85.6. The van der Waals surface area contributed by atoms with Crippen LogP contribution >= 0.6 is 59.1 Å². The van der Waals surface area contributed by atoms with Gasteiger partial charge >= 0.3 is 12.1 Å². The summed E-state index contributed by atoms with van der Waals surface area (Å²) in [5.41, 5.74) is 3.99. The number of rotatable bonds is 19. The standard InChI is InChI=1S/C32H29ClF2N7O6P.C17H15ClF2N2O.C15H14Cl2N5O4P/c1-18(43)30-24-14-20(37-32(45)36-15-21-11-12-48-40-21)9-10-27(24)41(39-30)17-49(46,47)42-16-19(34)13-28(42)31(44)38-26-8-4-6-23(29(26)35)22-5-2-3-7-25(22)33;18-13-6-2-1-4-11(13)12-5-3-7-14(16(12)20)22-17(23)15-8-10(19)9-21-15;1-9(23)14-12-6-10(19-15(24)18-7-11-4-5-26-21-11)2-3-13(12)22(20-14)8-27(16,17)25/h2-12,14,19,28H,13,15-17H2,1H3,(H,38,44)(H,46,47)(H2,36,37,45);1-7,10,15,21H,8-9H2,(H,22,23);2-6H,7-8H2,1H3,(H2,18,19,24)/t19-,28+;10-,15+;/m11./s1. The van der Waals surface area contributed by atoms with E-state index in [2.05, 4.69) is 62.3 Å². The maximum Gasteiger partial charge on any atom is 0.319 e. The number of alkyl halides is 2. The number of urea groups is 2. The second kappa shape index (κ2) is 31.7. The Hall–Kier alpha value is -9.28. The highest BCUT2D eigenvalue weighted by Crippen LogP contribution is 2.58. The molecule has 2 aliphatic heterocycles. The van der Waals surface area contributed by atoms with E-state index in [4.69, 9.17) is 50.2 Å². The number of hydrogen-bond donors (Lipinski definition) is 8. The maximum atomic E-state index is 15.6. The van der Waals surface area contributed by atoms with Crippen LogP contribution in [0, 0.1) is 11.6 Å². The predicted octanol–water partition coefficient (Wildman–Crippen LogP) is 14.2. The minimum Gasteiger partial charge on any atom is -0.364 e. The zero-order valence-corrected chi connectivity index (χ0v) is 56.7. The zero-order chi connectivity index (χ0) is 70.9. The normalized spacial score (nSPS) is 16.6. The van der Waals surface area contributed by atoms with Crippen molar-refractivity contribution < 1.29 is 69.4 Å². The topological polar surface area (TPSA) is 332 Å². The SMILES string of the molecule is CC(=O)c1nn(CP(=O)(Cl)Cl)c2ccc(NC(=O)NCc3ccon3)cc12.CC(=O)c1nn(CP(=O)(O)N2C[C@H](F)C[C@H]2C(=O)Nc2cccc(-c3ccccc3Cl)c2F)c2ccc(NC(=O)NCc3ccon3)cc12.O=C(Nc1cccc(-c2ccccc2Cl)c1F)[C@@H]1C[C@@H](F)CN1. The summed E-state index contributed by atoms with van der Waals surface area (Å²) in [7, 11) is -4.56. The van der Waals surface area contributed by atoms with Crippen LogP contribution in [0.15, 0.2) is 155 Å². The molecule has 0 aliphatic carbocycles. The Labute approximate surface area is 579 Å². The maximum absolute atomic E-state index is 15.6. The highest BCUT2D eigenvalue weighted by atomic mass is 35.9. The van der Waals surface area contributed by atoms with Crippen molar-refractivity contribution in [1.82, 2.24) is 50.5 Å². The van der Waals surface area contributed by atoms with E-state index in [1.54, 1.807) is 91.0 Å². The first-order valence-corrected chi connectivity index (χ1v) is 36.1. The number of carbonyl (C=O) groups is 6. The lowest BCUT2D eigenvalue weighted by Crippen LogP contribution is -2.38. The molecule has 25 nitrogen and oxygen atoms in total. The van der Waals surface area contributed by atoms with Crippen LogP contribution in [0.2, 0.25) is 10.0 Å². The molecular weight excluding hydrogens is 1420 g/mol. The average molecular weight is 1480 g/mol. The number of halogens is 8. The number of amides is 6. The fourth-order valence-electron chi connectivity index (χ4n) is 10.7. The molecule has 99 heavy (non-hydrogen) atoms. The summed E-state index contributed by atoms with van der Waals surface area (Å²) in [5, 5.41) is 35.5. The Balaban J connectivity index is 0.000000178. The number of Topliss-reactive ketones (excluding diaryl/α,β-unsaturated/α-hetero) is 2. The Morgan fingerprint density at radius 3 is 1.49 bits per heavy atom. The molecule has 0 spiro atoms. The van der Waals surface area contributed by atoms with Crippen LogP contribution in [0.4, 0.5) is 49.9 Å². The van der Waals surface area contributed by atoms with Crippen LogP contribution in [0.1, 0.15) is 59.1 Å². The van der Waals surface area contributed by atoms with Crippen LogP contribution in [-0.2, 0) is 44.4 Å². The van der Waals surface area contributed by atoms with Gasteiger partial charge in [0.1, 0.15) is 66.3 Å². The number of benzene rings is 6. The summed E-state index contributed by atoms with van der Waals surface area (Å²) >= 11 is 23.6. The van der Waals surface area contributed by atoms with Crippen LogP contribution in [0.5, 0.6) is 0 Å². The molecule has 4 aromatic heterocycles. The van der Waals surface area contributed by atoms with E-state index in [9.17, 15) is 56.0 Å². The first-order chi connectivity index (χ1) is 47.2. The lowest BCUT2D eigenvalue weighted by Gasteiger charge is -2.28. The highest BCUT2D eigenvalue weighted by Gasteiger charge is 2.46. The van der Waals surface area contributed by atoms with Gasteiger partial charge in [0, 0.05) is 106 Å². The van der Waals surface area contributed by atoms with Gasteiger partial charge in [-0.2, -0.15) is 10.2 Å². The fourth-order valence-corrected chi connectivity index (χ4v) is 14.1. The zero-order valence-electron chi connectivity index (χ0n) is 51.9. The van der Waals surface area contributed by atoms with Gasteiger partial charge in [-0.05, 0) is 83.1 Å². The van der Waals surface area contributed by atoms with E-state index in [0.29, 0.717) is 60.4 Å². The molecule has 12 rings (SSSR count). The van der Waals surface area contributed by atoms with E-state index in [0.717, 1.165) is 9.35 Å². The van der Waals surface area contributed by atoms with Crippen molar-refractivity contribution in [3.05, 3.63) is 190 Å². The molecule has 6 heterocycles. The molecule has 10 aromatic rings. The molecule has 2 fully saturated rings. The molecule has 6 amide bonds. The van der Waals surface area contributed by atoms with Crippen LogP contribution in [0.3, 0.4) is 0 Å². The van der Waals surface area contributed by atoms with Gasteiger partial charge < -0.3 is 51.2 Å². The average Bonchev–Trinajstić information content (AvgIpc) is 1.65. The van der Waals surface area contributed by atoms with Crippen LogP contribution in [0.25, 0.3) is 44.1 Å². The molecule has 1 unspecified atom stereocenters. The van der Waals surface area contributed by atoms with E-state index in [1.807, 2.05) is 0 Å². The van der Waals surface area contributed by atoms with Gasteiger partial charge in [-0.15, -0.1) is 0 Å². The van der Waals surface area contributed by atoms with Crippen LogP contribution < -0.4 is 37.2 Å². The minimum absolute atomic E-state index is 0.0328. The van der Waals surface area contributed by atoms with Gasteiger partial charge in [0.25, 0.3) is 13.4 Å². The molecule has 516 valence electrons. The number of aromatic nitrogens is 6. The van der Waals surface area contributed by atoms with Gasteiger partial charge in [0.15, 0.2) is 23.2 Å². The lowest BCUT2D eigenvalue weighted by molar-refractivity contribution is -0.119. The minimum atomic E-state index is -4.56. The molecule has 8 N–H and O–H groups in total. The fraction of sp³-hybridized carbons (Fsp3) is 0.219. The molecule has 0 saturated carbocycles. The Kier molecular flexibility index (Phi) is 23.2. The van der Waals surface area contributed by atoms with Crippen molar-refractivity contribution in [2.75, 3.05) is 34.4 Å². The second-order valence-corrected chi connectivity index (χ2v) is 30.6. The Bertz CT molecular complexity index is 4780. The van der Waals surface area contributed by atoms with Crippen molar-refractivity contribution >= 4 is 139 Å². The molecular formula is C64H58Cl4F4N14O11P2. The summed E-state index contributed by atoms with van der Waals surface area (Å²) in [6, 6.07) is 32.0. The van der Waals surface area contributed by atoms with E-state index in [-0.39, 0.29) is 77.4 Å². The largest absolute Gasteiger partial charge is 0.364 e. The van der Waals surface area contributed by atoms with E-state index < -0.39 is 98.3 Å². The van der Waals surface area contributed by atoms with E-state index >= 15 is 4.39 Å². The first-order valence-electron chi connectivity index (χ1n) is 29.9. The Morgan fingerprint density at radius 2 is 1.06 bits per heavy atom. The van der Waals surface area contributed by atoms with E-state index in [1.165, 1.54) is 73.5 Å². The van der Waals surface area contributed by atoms with Gasteiger partial charge in [0.05, 0.1) is 41.5 Å². The summed E-state index contributed by atoms with van der Waals surface area (Å²) < 4.78 is 96.5. The van der Waals surface area contributed by atoms with Gasteiger partial charge in [-0.1, -0.05) is 94.2 Å². The summed E-state index contributed by atoms with van der Waals surface area (Å²) in [6.07, 6.45) is -1.14. The quantitative estimate of drug-likeness (QED) is 0.0212. The lowest BCUT2D eigenvalue weighted by atomic mass is 10.0. The van der Waals surface area contributed by atoms with Crippen molar-refractivity contribution in [2.45, 2.75) is 76.8 Å². The molecule has 0 radical (unpaired) electrons. The predicted molar refractivity (Wildman–Crippen MR) is 366 cm³/mol. The number of carbonyl (C=O) groups excluding carboxylic acids is 6. The number of fused-ring (bicyclic) bond motifs is 2. The summed E-state index contributed by atoms with van der Waals surface area (Å²) in [5.74, 6) is -6.84. The molecule has 5 atom stereocenters. The van der Waals surface area contributed by atoms with Crippen molar-refractivity contribution in [1.29, 1.82) is 0 Å². The van der Waals surface area contributed by atoms with Crippen molar-refractivity contribution in [3.8, 4) is 22.3 Å². The monoisotopic (exact) mass is 1480 g/mol. The third-order valence-electron chi connectivity index (χ3n) is 15.3. The number of nitrogens with zero attached hydrogens (tertiary/aromatic N) is 7. The Morgan fingerprint density at radius 1 is 0.596 bits per heavy atom. The molecule has 2 saturated heterocycles. The smallest absolute Gasteiger partial charge is 0.319 e. The molecule has 0 bridgehead atoms. The highest BCUT2D eigenvalue weighted by molar-refractivity contribution is 8.07. The number of anilines is 4. The third kappa shape index (κ3) is 18.2. The van der Waals surface area contributed by atoms with Gasteiger partial charge in [-0.3, -0.25) is 37.7 Å². The van der Waals surface area contributed by atoms with Crippen LogP contribution in [-0.4, -0.2) is 112 Å². The molecule has 6 aromatic carbocycles. The van der Waals surface area contributed by atoms with Crippen molar-refractivity contribution in [3.63, 3.8) is 0 Å². The molecule has 35 heteroatoms. The summed E-state index contributed by atoms with van der Waals surface area (Å²) in [6.45, 7) is 2.53. The van der Waals surface area contributed by atoms with Crippen molar-refractivity contribution in [2.24, 2.45) is 0 Å². The second-order valence-electron chi connectivity index (χ2n) is 22.4. The van der Waals surface area contributed by atoms with Gasteiger partial charge in [0.2, 0.25) is 11.8 Å². The number of ketones is 2. The van der Waals surface area contributed by atoms with Gasteiger partial charge in [-0.25, -0.2) is 31.8 Å².